The molecule has 0 amide bonds. The fourth-order valence-corrected chi connectivity index (χ4v) is 3.78. The number of unbranched alkanes of at least 4 members (excludes halogenated alkanes) is 2. The average molecular weight is 238 g/mol. The van der Waals surface area contributed by atoms with E-state index in [0.717, 1.165) is 17.8 Å². The lowest BCUT2D eigenvalue weighted by molar-refractivity contribution is 0.183. The molecule has 1 rings (SSSR count). The molecule has 0 aliphatic heterocycles. The van der Waals surface area contributed by atoms with Crippen LogP contribution in [0.2, 0.25) is 0 Å². The van der Waals surface area contributed by atoms with Crippen LogP contribution in [0.25, 0.3) is 0 Å². The van der Waals surface area contributed by atoms with Gasteiger partial charge in [-0.05, 0) is 30.6 Å². The summed E-state index contributed by atoms with van der Waals surface area (Å²) in [5.74, 6) is 3.19. The topological polar surface area (TPSA) is 0 Å². The summed E-state index contributed by atoms with van der Waals surface area (Å²) < 4.78 is 0. The Kier molecular flexibility index (Phi) is 7.97. The van der Waals surface area contributed by atoms with Gasteiger partial charge in [-0.3, -0.25) is 0 Å². The van der Waals surface area contributed by atoms with E-state index in [1.807, 2.05) is 0 Å². The van der Waals surface area contributed by atoms with Crippen molar-refractivity contribution in [3.8, 4) is 0 Å². The molecule has 0 radical (unpaired) electrons. The van der Waals surface area contributed by atoms with Crippen molar-refractivity contribution in [1.82, 2.24) is 0 Å². The first kappa shape index (κ1) is 15.1. The minimum absolute atomic E-state index is 1.04. The highest BCUT2D eigenvalue weighted by Crippen LogP contribution is 2.38. The van der Waals surface area contributed by atoms with Crippen molar-refractivity contribution in [2.45, 2.75) is 91.4 Å². The molecule has 0 aromatic carbocycles. The van der Waals surface area contributed by atoms with Gasteiger partial charge in [0.05, 0.1) is 0 Å². The molecule has 0 saturated heterocycles. The Bertz CT molecular complexity index is 165. The molecule has 0 heteroatoms. The van der Waals surface area contributed by atoms with Gasteiger partial charge in [-0.15, -0.1) is 0 Å². The molecule has 1 aliphatic rings. The molecule has 102 valence electrons. The van der Waals surface area contributed by atoms with Crippen LogP contribution in [0.5, 0.6) is 0 Å². The van der Waals surface area contributed by atoms with E-state index in [9.17, 15) is 0 Å². The molecule has 1 saturated carbocycles. The maximum Gasteiger partial charge on any atom is -0.0386 e. The molecule has 0 bridgehead atoms. The molecular weight excluding hydrogens is 204 g/mol. The fourth-order valence-electron chi connectivity index (χ4n) is 3.78. The van der Waals surface area contributed by atoms with Crippen molar-refractivity contribution < 1.29 is 0 Å². The molecule has 1 fully saturated rings. The summed E-state index contributed by atoms with van der Waals surface area (Å²) in [4.78, 5) is 0. The monoisotopic (exact) mass is 238 g/mol. The third-order valence-corrected chi connectivity index (χ3v) is 4.96. The molecule has 0 nitrogen and oxygen atoms in total. The summed E-state index contributed by atoms with van der Waals surface area (Å²) in [6.45, 7) is 7.06. The van der Waals surface area contributed by atoms with Crippen LogP contribution >= 0.6 is 0 Å². The van der Waals surface area contributed by atoms with Crippen molar-refractivity contribution in [3.05, 3.63) is 0 Å². The molecule has 1 unspecified atom stereocenters. The van der Waals surface area contributed by atoms with E-state index in [1.165, 1.54) is 70.6 Å². The Morgan fingerprint density at radius 3 is 2.12 bits per heavy atom. The molecule has 0 aromatic rings. The molecule has 1 aliphatic carbocycles. The lowest BCUT2D eigenvalue weighted by Gasteiger charge is -2.33. The zero-order chi connectivity index (χ0) is 12.5. The van der Waals surface area contributed by atoms with Gasteiger partial charge in [-0.1, -0.05) is 78.6 Å². The first-order chi connectivity index (χ1) is 8.31. The molecular formula is C17H34. The standard InChI is InChI=1S/C17H34/c1-4-7-8-10-15-11-13-17(14-12-15)16(6-3)9-5-2/h15-17H,4-14H2,1-3H3. The van der Waals surface area contributed by atoms with Crippen LogP contribution in [0, 0.1) is 17.8 Å². The van der Waals surface area contributed by atoms with E-state index in [-0.39, 0.29) is 0 Å². The van der Waals surface area contributed by atoms with Crippen LogP contribution in [0.4, 0.5) is 0 Å². The zero-order valence-corrected chi connectivity index (χ0v) is 12.5. The van der Waals surface area contributed by atoms with Crippen molar-refractivity contribution in [2.75, 3.05) is 0 Å². The number of rotatable bonds is 8. The normalized spacial score (nSPS) is 27.0. The summed E-state index contributed by atoms with van der Waals surface area (Å²) in [7, 11) is 0. The number of hydrogen-bond acceptors (Lipinski definition) is 0. The second-order valence-corrected chi connectivity index (χ2v) is 6.23. The van der Waals surface area contributed by atoms with E-state index >= 15 is 0 Å². The summed E-state index contributed by atoms with van der Waals surface area (Å²) in [6, 6.07) is 0. The van der Waals surface area contributed by atoms with Crippen molar-refractivity contribution in [1.29, 1.82) is 0 Å². The Morgan fingerprint density at radius 2 is 1.59 bits per heavy atom. The van der Waals surface area contributed by atoms with Gasteiger partial charge >= 0.3 is 0 Å². The predicted molar refractivity (Wildman–Crippen MR) is 78.3 cm³/mol. The first-order valence-electron chi connectivity index (χ1n) is 8.31. The van der Waals surface area contributed by atoms with Gasteiger partial charge in [-0.25, -0.2) is 0 Å². The van der Waals surface area contributed by atoms with Gasteiger partial charge in [0.1, 0.15) is 0 Å². The summed E-state index contributed by atoms with van der Waals surface area (Å²) in [5, 5.41) is 0. The van der Waals surface area contributed by atoms with Crippen LogP contribution in [0.3, 0.4) is 0 Å². The lowest BCUT2D eigenvalue weighted by Crippen LogP contribution is -2.21. The highest BCUT2D eigenvalue weighted by Gasteiger charge is 2.25. The highest BCUT2D eigenvalue weighted by molar-refractivity contribution is 4.77. The molecule has 0 N–H and O–H groups in total. The van der Waals surface area contributed by atoms with E-state index in [2.05, 4.69) is 20.8 Å². The predicted octanol–water partition coefficient (Wildman–Crippen LogP) is 6.20. The SMILES string of the molecule is CCCCCC1CCC(C(CC)CCC)CC1. The minimum atomic E-state index is 1.04. The highest BCUT2D eigenvalue weighted by atomic mass is 14.3. The second kappa shape index (κ2) is 9.00. The first-order valence-corrected chi connectivity index (χ1v) is 8.31. The van der Waals surface area contributed by atoms with Gasteiger partial charge in [0.15, 0.2) is 0 Å². The fraction of sp³-hybridized carbons (Fsp3) is 1.00. The molecule has 0 heterocycles. The van der Waals surface area contributed by atoms with Gasteiger partial charge in [0, 0.05) is 0 Å². The van der Waals surface area contributed by atoms with E-state index < -0.39 is 0 Å². The smallest absolute Gasteiger partial charge is 0.0386 e. The molecule has 0 aromatic heterocycles. The Morgan fingerprint density at radius 1 is 0.882 bits per heavy atom. The largest absolute Gasteiger partial charge is 0.0654 e. The quantitative estimate of drug-likeness (QED) is 0.442. The second-order valence-electron chi connectivity index (χ2n) is 6.23. The summed E-state index contributed by atoms with van der Waals surface area (Å²) >= 11 is 0. The molecule has 17 heavy (non-hydrogen) atoms. The van der Waals surface area contributed by atoms with Crippen molar-refractivity contribution in [2.24, 2.45) is 17.8 Å². The lowest BCUT2D eigenvalue weighted by atomic mass is 9.72. The van der Waals surface area contributed by atoms with Gasteiger partial charge < -0.3 is 0 Å². The van der Waals surface area contributed by atoms with Crippen LogP contribution in [-0.2, 0) is 0 Å². The van der Waals surface area contributed by atoms with Gasteiger partial charge in [0.25, 0.3) is 0 Å². The maximum absolute atomic E-state index is 2.40. The van der Waals surface area contributed by atoms with Crippen LogP contribution in [0.15, 0.2) is 0 Å². The van der Waals surface area contributed by atoms with Crippen molar-refractivity contribution >= 4 is 0 Å². The van der Waals surface area contributed by atoms with Crippen LogP contribution in [-0.4, -0.2) is 0 Å². The third kappa shape index (κ3) is 5.44. The van der Waals surface area contributed by atoms with Gasteiger partial charge in [0.2, 0.25) is 0 Å². The Hall–Kier alpha value is 0. The summed E-state index contributed by atoms with van der Waals surface area (Å²) in [5.41, 5.74) is 0. The van der Waals surface area contributed by atoms with Gasteiger partial charge in [-0.2, -0.15) is 0 Å². The average Bonchev–Trinajstić information content (AvgIpc) is 2.37. The van der Waals surface area contributed by atoms with Crippen LogP contribution in [0.1, 0.15) is 91.4 Å². The van der Waals surface area contributed by atoms with E-state index in [4.69, 9.17) is 0 Å². The minimum Gasteiger partial charge on any atom is -0.0654 e. The Balaban J connectivity index is 2.19. The van der Waals surface area contributed by atoms with E-state index in [0.29, 0.717) is 0 Å². The number of hydrogen-bond donors (Lipinski definition) is 0. The van der Waals surface area contributed by atoms with Crippen molar-refractivity contribution in [3.63, 3.8) is 0 Å². The maximum atomic E-state index is 2.40. The molecule has 0 spiro atoms. The summed E-state index contributed by atoms with van der Waals surface area (Å²) in [6.07, 6.45) is 16.3. The zero-order valence-electron chi connectivity index (χ0n) is 12.5. The molecule has 1 atom stereocenters. The Labute approximate surface area is 110 Å². The van der Waals surface area contributed by atoms with Crippen LogP contribution < -0.4 is 0 Å². The third-order valence-electron chi connectivity index (χ3n) is 4.96. The van der Waals surface area contributed by atoms with E-state index in [1.54, 1.807) is 0 Å².